The fourth-order valence-electron chi connectivity index (χ4n) is 3.92. The fourth-order valence-corrected chi connectivity index (χ4v) is 3.92. The predicted octanol–water partition coefficient (Wildman–Crippen LogP) is 3.42. The summed E-state index contributed by atoms with van der Waals surface area (Å²) in [5, 5.41) is 4.51. The lowest BCUT2D eigenvalue weighted by molar-refractivity contribution is -0.130. The van der Waals surface area contributed by atoms with Gasteiger partial charge in [-0.05, 0) is 24.6 Å². The van der Waals surface area contributed by atoms with E-state index in [-0.39, 0.29) is 5.91 Å². The maximum absolute atomic E-state index is 12.6. The second kappa shape index (κ2) is 9.13. The molecule has 0 spiro atoms. The molecule has 4 rings (SSSR count). The standard InChI is InChI=1S/C24H28N4O2/c1-19-6-5-7-20(14-19)17-27-13-12-26(11-10-24(27)29)16-21-15-25-28(18-21)22-8-3-4-9-23(22)30-2/h3-9,14-15,18H,10-13,16-17H2,1-2H3. The quantitative estimate of drug-likeness (QED) is 0.632. The van der Waals surface area contributed by atoms with Crippen molar-refractivity contribution < 1.29 is 9.53 Å². The molecule has 1 fully saturated rings. The molecule has 0 radical (unpaired) electrons. The fraction of sp³-hybridized carbons (Fsp3) is 0.333. The van der Waals surface area contributed by atoms with Gasteiger partial charge in [-0.3, -0.25) is 9.69 Å². The number of rotatable bonds is 6. The first-order chi connectivity index (χ1) is 14.6. The number of hydrogen-bond donors (Lipinski definition) is 0. The van der Waals surface area contributed by atoms with Gasteiger partial charge in [-0.2, -0.15) is 5.10 Å². The van der Waals surface area contributed by atoms with E-state index >= 15 is 0 Å². The molecule has 2 heterocycles. The SMILES string of the molecule is COc1ccccc1-n1cc(CN2CCC(=O)N(Cc3cccc(C)c3)CC2)cn1. The average Bonchev–Trinajstić information content (AvgIpc) is 3.15. The number of para-hydroxylation sites is 2. The topological polar surface area (TPSA) is 50.6 Å². The van der Waals surface area contributed by atoms with E-state index in [9.17, 15) is 4.79 Å². The Hall–Kier alpha value is -3.12. The Morgan fingerprint density at radius 2 is 1.87 bits per heavy atom. The molecule has 1 aliphatic rings. The molecule has 1 aromatic heterocycles. The number of aromatic nitrogens is 2. The highest BCUT2D eigenvalue weighted by molar-refractivity contribution is 5.76. The maximum Gasteiger partial charge on any atom is 0.224 e. The van der Waals surface area contributed by atoms with Crippen LogP contribution in [0, 0.1) is 6.92 Å². The van der Waals surface area contributed by atoms with Crippen LogP contribution in [0.4, 0.5) is 0 Å². The molecule has 0 atom stereocenters. The van der Waals surface area contributed by atoms with Gasteiger partial charge in [0.05, 0.1) is 13.3 Å². The number of carbonyl (C=O) groups is 1. The van der Waals surface area contributed by atoms with Crippen LogP contribution in [-0.4, -0.2) is 52.2 Å². The van der Waals surface area contributed by atoms with Crippen molar-refractivity contribution in [2.24, 2.45) is 0 Å². The van der Waals surface area contributed by atoms with E-state index in [1.54, 1.807) is 7.11 Å². The van der Waals surface area contributed by atoms with Gasteiger partial charge in [-0.1, -0.05) is 42.0 Å². The Morgan fingerprint density at radius 1 is 1.00 bits per heavy atom. The Labute approximate surface area is 177 Å². The third-order valence-corrected chi connectivity index (χ3v) is 5.51. The minimum absolute atomic E-state index is 0.226. The minimum Gasteiger partial charge on any atom is -0.494 e. The van der Waals surface area contributed by atoms with Crippen molar-refractivity contribution in [2.45, 2.75) is 26.4 Å². The molecule has 0 aliphatic carbocycles. The van der Waals surface area contributed by atoms with Gasteiger partial charge in [-0.25, -0.2) is 4.68 Å². The molecule has 156 valence electrons. The number of amides is 1. The maximum atomic E-state index is 12.6. The molecule has 0 saturated carbocycles. The summed E-state index contributed by atoms with van der Waals surface area (Å²) >= 11 is 0. The van der Waals surface area contributed by atoms with Gasteiger partial charge in [0, 0.05) is 50.9 Å². The van der Waals surface area contributed by atoms with E-state index in [0.717, 1.165) is 43.2 Å². The number of aryl methyl sites for hydroxylation is 1. The van der Waals surface area contributed by atoms with E-state index < -0.39 is 0 Å². The van der Waals surface area contributed by atoms with Crippen LogP contribution in [0.25, 0.3) is 5.69 Å². The van der Waals surface area contributed by atoms with E-state index in [1.165, 1.54) is 11.1 Å². The lowest BCUT2D eigenvalue weighted by Crippen LogP contribution is -2.32. The molecule has 1 amide bonds. The zero-order valence-corrected chi connectivity index (χ0v) is 17.6. The van der Waals surface area contributed by atoms with Crippen LogP contribution in [0.2, 0.25) is 0 Å². The van der Waals surface area contributed by atoms with Crippen LogP contribution < -0.4 is 4.74 Å². The van der Waals surface area contributed by atoms with Crippen molar-refractivity contribution in [2.75, 3.05) is 26.7 Å². The van der Waals surface area contributed by atoms with Gasteiger partial charge in [-0.15, -0.1) is 0 Å². The molecular weight excluding hydrogens is 376 g/mol. The van der Waals surface area contributed by atoms with E-state index in [4.69, 9.17) is 4.74 Å². The summed E-state index contributed by atoms with van der Waals surface area (Å²) < 4.78 is 7.29. The summed E-state index contributed by atoms with van der Waals surface area (Å²) in [4.78, 5) is 16.9. The van der Waals surface area contributed by atoms with Crippen LogP contribution >= 0.6 is 0 Å². The largest absolute Gasteiger partial charge is 0.494 e. The summed E-state index contributed by atoms with van der Waals surface area (Å²) in [6.07, 6.45) is 4.48. The highest BCUT2D eigenvalue weighted by Gasteiger charge is 2.21. The Kier molecular flexibility index (Phi) is 6.14. The first kappa shape index (κ1) is 20.2. The van der Waals surface area contributed by atoms with Gasteiger partial charge in [0.25, 0.3) is 0 Å². The number of nitrogens with zero attached hydrogens (tertiary/aromatic N) is 4. The summed E-state index contributed by atoms with van der Waals surface area (Å²) in [6.45, 7) is 5.91. The zero-order chi connectivity index (χ0) is 20.9. The smallest absolute Gasteiger partial charge is 0.224 e. The first-order valence-electron chi connectivity index (χ1n) is 10.3. The number of ether oxygens (including phenoxy) is 1. The lowest BCUT2D eigenvalue weighted by Gasteiger charge is -2.22. The second-order valence-electron chi connectivity index (χ2n) is 7.80. The molecule has 6 nitrogen and oxygen atoms in total. The summed E-state index contributed by atoms with van der Waals surface area (Å²) in [5.74, 6) is 1.02. The zero-order valence-electron chi connectivity index (χ0n) is 17.6. The predicted molar refractivity (Wildman–Crippen MR) is 117 cm³/mol. The normalized spacial score (nSPS) is 15.3. The van der Waals surface area contributed by atoms with Crippen molar-refractivity contribution in [3.8, 4) is 11.4 Å². The average molecular weight is 405 g/mol. The third kappa shape index (κ3) is 4.71. The Balaban J connectivity index is 1.39. The second-order valence-corrected chi connectivity index (χ2v) is 7.80. The van der Waals surface area contributed by atoms with Gasteiger partial charge in [0.15, 0.2) is 0 Å². The van der Waals surface area contributed by atoms with Crippen molar-refractivity contribution >= 4 is 5.91 Å². The van der Waals surface area contributed by atoms with Gasteiger partial charge >= 0.3 is 0 Å². The van der Waals surface area contributed by atoms with E-state index in [2.05, 4.69) is 41.2 Å². The van der Waals surface area contributed by atoms with Crippen LogP contribution in [0.5, 0.6) is 5.75 Å². The molecule has 3 aromatic rings. The van der Waals surface area contributed by atoms with Crippen LogP contribution in [0.3, 0.4) is 0 Å². The van der Waals surface area contributed by atoms with Crippen molar-refractivity contribution in [1.29, 1.82) is 0 Å². The number of carbonyl (C=O) groups excluding carboxylic acids is 1. The molecule has 2 aromatic carbocycles. The number of benzene rings is 2. The highest BCUT2D eigenvalue weighted by atomic mass is 16.5. The first-order valence-corrected chi connectivity index (χ1v) is 10.3. The Bertz CT molecular complexity index is 1010. The van der Waals surface area contributed by atoms with Gasteiger partial charge < -0.3 is 9.64 Å². The van der Waals surface area contributed by atoms with Crippen LogP contribution in [-0.2, 0) is 17.9 Å². The van der Waals surface area contributed by atoms with Gasteiger partial charge in [0.1, 0.15) is 11.4 Å². The van der Waals surface area contributed by atoms with E-state index in [1.807, 2.05) is 46.2 Å². The van der Waals surface area contributed by atoms with Crippen molar-refractivity contribution in [3.63, 3.8) is 0 Å². The highest BCUT2D eigenvalue weighted by Crippen LogP contribution is 2.22. The lowest BCUT2D eigenvalue weighted by atomic mass is 10.1. The molecular formula is C24H28N4O2. The molecule has 30 heavy (non-hydrogen) atoms. The summed E-state index contributed by atoms with van der Waals surface area (Å²) in [7, 11) is 1.67. The van der Waals surface area contributed by atoms with Crippen LogP contribution in [0.15, 0.2) is 60.9 Å². The van der Waals surface area contributed by atoms with Gasteiger partial charge in [0.2, 0.25) is 5.91 Å². The Morgan fingerprint density at radius 3 is 2.70 bits per heavy atom. The molecule has 0 N–H and O–H groups in total. The molecule has 6 heteroatoms. The molecule has 1 aliphatic heterocycles. The third-order valence-electron chi connectivity index (χ3n) is 5.51. The van der Waals surface area contributed by atoms with Crippen LogP contribution in [0.1, 0.15) is 23.1 Å². The molecule has 0 unspecified atom stereocenters. The summed E-state index contributed by atoms with van der Waals surface area (Å²) in [5.41, 5.74) is 4.46. The number of hydrogen-bond acceptors (Lipinski definition) is 4. The van der Waals surface area contributed by atoms with Crippen molar-refractivity contribution in [1.82, 2.24) is 19.6 Å². The van der Waals surface area contributed by atoms with Crippen molar-refractivity contribution in [3.05, 3.63) is 77.6 Å². The van der Waals surface area contributed by atoms with E-state index in [0.29, 0.717) is 13.0 Å². The molecule has 1 saturated heterocycles. The minimum atomic E-state index is 0.226. The summed E-state index contributed by atoms with van der Waals surface area (Å²) in [6, 6.07) is 16.2. The number of methoxy groups -OCH3 is 1. The monoisotopic (exact) mass is 404 g/mol. The molecule has 0 bridgehead atoms.